The van der Waals surface area contributed by atoms with E-state index in [4.69, 9.17) is 5.84 Å². The van der Waals surface area contributed by atoms with E-state index in [0.717, 1.165) is 12.3 Å². The summed E-state index contributed by atoms with van der Waals surface area (Å²) in [5.41, 5.74) is 2.94. The zero-order chi connectivity index (χ0) is 13.5. The maximum atomic E-state index is 13.5. The Morgan fingerprint density at radius 2 is 2.22 bits per heavy atom. The fourth-order valence-corrected chi connectivity index (χ4v) is 2.42. The van der Waals surface area contributed by atoms with Crippen molar-refractivity contribution in [3.05, 3.63) is 35.1 Å². The van der Waals surface area contributed by atoms with Crippen molar-refractivity contribution in [3.63, 3.8) is 0 Å². The summed E-state index contributed by atoms with van der Waals surface area (Å²) in [5, 5.41) is 0. The Bertz CT molecular complexity index is 412. The molecule has 0 aliphatic rings. The van der Waals surface area contributed by atoms with E-state index < -0.39 is 5.91 Å². The molecule has 1 aromatic rings. The van der Waals surface area contributed by atoms with E-state index in [1.165, 1.54) is 12.1 Å². The molecule has 1 rings (SSSR count). The first-order chi connectivity index (χ1) is 8.54. The van der Waals surface area contributed by atoms with Crippen LogP contribution < -0.4 is 11.3 Å². The first kappa shape index (κ1) is 14.9. The van der Waals surface area contributed by atoms with Gasteiger partial charge in [-0.25, -0.2) is 10.2 Å². The number of hydrogen-bond donors (Lipinski definition) is 2. The van der Waals surface area contributed by atoms with Gasteiger partial charge < -0.3 is 4.90 Å². The van der Waals surface area contributed by atoms with Gasteiger partial charge in [-0.15, -0.1) is 0 Å². The second-order valence-electron chi connectivity index (χ2n) is 4.14. The lowest BCUT2D eigenvalue weighted by molar-refractivity contribution is 0.0953. The Kier molecular flexibility index (Phi) is 6.11. The van der Waals surface area contributed by atoms with Crippen LogP contribution >= 0.6 is 11.8 Å². The molecule has 18 heavy (non-hydrogen) atoms. The largest absolute Gasteiger partial charge is 0.309 e. The Morgan fingerprint density at radius 1 is 1.50 bits per heavy atom. The fraction of sp³-hybridized carbons (Fsp3) is 0.417. The van der Waals surface area contributed by atoms with Gasteiger partial charge in [0, 0.05) is 23.6 Å². The van der Waals surface area contributed by atoms with E-state index >= 15 is 0 Å². The number of amides is 1. The summed E-state index contributed by atoms with van der Waals surface area (Å²) in [5.74, 6) is 5.81. The van der Waals surface area contributed by atoms with E-state index in [-0.39, 0.29) is 5.82 Å². The first-order valence-electron chi connectivity index (χ1n) is 5.56. The van der Waals surface area contributed by atoms with Crippen molar-refractivity contribution in [1.29, 1.82) is 0 Å². The molecule has 0 spiro atoms. The molecule has 4 nitrogen and oxygen atoms in total. The molecule has 0 fully saturated rings. The summed E-state index contributed by atoms with van der Waals surface area (Å²) < 4.78 is 13.5. The highest BCUT2D eigenvalue weighted by Crippen LogP contribution is 2.17. The molecule has 3 N–H and O–H groups in total. The number of carbonyl (C=O) groups excluding carboxylic acids is 1. The molecule has 0 aliphatic heterocycles. The number of nitrogens with zero attached hydrogens (tertiary/aromatic N) is 1. The summed E-state index contributed by atoms with van der Waals surface area (Å²) in [4.78, 5) is 13.4. The molecule has 0 unspecified atom stereocenters. The second kappa shape index (κ2) is 7.35. The van der Waals surface area contributed by atoms with E-state index in [9.17, 15) is 9.18 Å². The van der Waals surface area contributed by atoms with Crippen LogP contribution in [0.1, 0.15) is 15.9 Å². The topological polar surface area (TPSA) is 58.4 Å². The smallest absolute Gasteiger partial charge is 0.265 e. The van der Waals surface area contributed by atoms with Gasteiger partial charge in [0.1, 0.15) is 5.82 Å². The zero-order valence-corrected chi connectivity index (χ0v) is 11.4. The van der Waals surface area contributed by atoms with Crippen LogP contribution in [0.3, 0.4) is 0 Å². The highest BCUT2D eigenvalue weighted by atomic mass is 32.2. The molecule has 0 heterocycles. The molecule has 6 heteroatoms. The SMILES string of the molecule is CN(C)CCSCc1cc(C(=O)NN)ccc1F. The minimum Gasteiger partial charge on any atom is -0.309 e. The molecule has 0 radical (unpaired) electrons. The maximum absolute atomic E-state index is 13.5. The number of rotatable bonds is 6. The van der Waals surface area contributed by atoms with Crippen molar-refractivity contribution in [2.75, 3.05) is 26.4 Å². The van der Waals surface area contributed by atoms with Gasteiger partial charge >= 0.3 is 0 Å². The van der Waals surface area contributed by atoms with Crippen LogP contribution in [0.25, 0.3) is 0 Å². The highest BCUT2D eigenvalue weighted by molar-refractivity contribution is 7.98. The molecular formula is C12H18FN3OS. The maximum Gasteiger partial charge on any atom is 0.265 e. The molecule has 0 saturated heterocycles. The van der Waals surface area contributed by atoms with Gasteiger partial charge in [0.05, 0.1) is 0 Å². The Hall–Kier alpha value is -1.11. The van der Waals surface area contributed by atoms with Crippen LogP contribution in [0, 0.1) is 5.82 Å². The number of hydrazine groups is 1. The number of halogens is 1. The lowest BCUT2D eigenvalue weighted by Crippen LogP contribution is -2.30. The molecule has 0 aliphatic carbocycles. The molecule has 100 valence electrons. The van der Waals surface area contributed by atoms with Crippen LogP contribution in [0.15, 0.2) is 18.2 Å². The second-order valence-corrected chi connectivity index (χ2v) is 5.24. The summed E-state index contributed by atoms with van der Waals surface area (Å²) in [6, 6.07) is 4.26. The Morgan fingerprint density at radius 3 is 2.83 bits per heavy atom. The summed E-state index contributed by atoms with van der Waals surface area (Å²) in [6.45, 7) is 0.940. The van der Waals surface area contributed by atoms with Crippen molar-refractivity contribution in [2.45, 2.75) is 5.75 Å². The van der Waals surface area contributed by atoms with Gasteiger partial charge in [-0.1, -0.05) is 0 Å². The average Bonchev–Trinajstić information content (AvgIpc) is 2.35. The third-order valence-corrected chi connectivity index (χ3v) is 3.37. The predicted molar refractivity (Wildman–Crippen MR) is 72.8 cm³/mol. The van der Waals surface area contributed by atoms with Gasteiger partial charge in [-0.2, -0.15) is 11.8 Å². The van der Waals surface area contributed by atoms with Crippen LogP contribution in [0.4, 0.5) is 4.39 Å². The van der Waals surface area contributed by atoms with E-state index in [1.807, 2.05) is 19.5 Å². The number of hydrogen-bond acceptors (Lipinski definition) is 4. The van der Waals surface area contributed by atoms with E-state index in [0.29, 0.717) is 16.9 Å². The fourth-order valence-electron chi connectivity index (χ4n) is 1.34. The van der Waals surface area contributed by atoms with Gasteiger partial charge in [0.15, 0.2) is 0 Å². The van der Waals surface area contributed by atoms with Crippen LogP contribution in [-0.4, -0.2) is 37.2 Å². The normalized spacial score (nSPS) is 10.7. The molecule has 0 atom stereocenters. The average molecular weight is 271 g/mol. The minimum absolute atomic E-state index is 0.291. The van der Waals surface area contributed by atoms with Gasteiger partial charge in [-0.3, -0.25) is 10.2 Å². The van der Waals surface area contributed by atoms with Gasteiger partial charge in [-0.05, 0) is 37.9 Å². The Balaban J connectivity index is 2.61. The Labute approximate surface area is 111 Å². The number of nitrogens with one attached hydrogen (secondary N) is 1. The number of thioether (sulfide) groups is 1. The van der Waals surface area contributed by atoms with Crippen molar-refractivity contribution >= 4 is 17.7 Å². The number of carbonyl (C=O) groups is 1. The van der Waals surface area contributed by atoms with Crippen LogP contribution in [-0.2, 0) is 5.75 Å². The van der Waals surface area contributed by atoms with Crippen LogP contribution in [0.5, 0.6) is 0 Å². The summed E-state index contributed by atoms with van der Waals surface area (Å²) in [7, 11) is 3.99. The monoisotopic (exact) mass is 271 g/mol. The lowest BCUT2D eigenvalue weighted by atomic mass is 10.1. The quantitative estimate of drug-likeness (QED) is 0.353. The predicted octanol–water partition coefficient (Wildman–Crippen LogP) is 1.22. The number of nitrogen functional groups attached to an aromatic ring is 1. The first-order valence-corrected chi connectivity index (χ1v) is 6.72. The minimum atomic E-state index is -0.408. The lowest BCUT2D eigenvalue weighted by Gasteiger charge is -2.09. The molecule has 1 aromatic carbocycles. The summed E-state index contributed by atoms with van der Waals surface area (Å²) >= 11 is 1.63. The van der Waals surface area contributed by atoms with Crippen molar-refractivity contribution in [2.24, 2.45) is 5.84 Å². The number of nitrogens with two attached hydrogens (primary N) is 1. The molecule has 0 saturated carbocycles. The van der Waals surface area contributed by atoms with Crippen molar-refractivity contribution in [3.8, 4) is 0 Å². The van der Waals surface area contributed by atoms with Crippen LogP contribution in [0.2, 0.25) is 0 Å². The molecule has 0 bridgehead atoms. The molecular weight excluding hydrogens is 253 g/mol. The third kappa shape index (κ3) is 4.64. The van der Waals surface area contributed by atoms with E-state index in [1.54, 1.807) is 17.8 Å². The van der Waals surface area contributed by atoms with Gasteiger partial charge in [0.2, 0.25) is 0 Å². The van der Waals surface area contributed by atoms with Gasteiger partial charge in [0.25, 0.3) is 5.91 Å². The zero-order valence-electron chi connectivity index (χ0n) is 10.6. The molecule has 1 amide bonds. The van der Waals surface area contributed by atoms with E-state index in [2.05, 4.69) is 4.90 Å². The van der Waals surface area contributed by atoms with Crippen molar-refractivity contribution < 1.29 is 9.18 Å². The highest BCUT2D eigenvalue weighted by Gasteiger charge is 2.08. The standard InChI is InChI=1S/C12H18FN3OS/c1-16(2)5-6-18-8-10-7-9(12(17)15-14)3-4-11(10)13/h3-4,7H,5-6,8,14H2,1-2H3,(H,15,17). The van der Waals surface area contributed by atoms with Crippen molar-refractivity contribution in [1.82, 2.24) is 10.3 Å². The number of benzene rings is 1. The molecule has 0 aromatic heterocycles. The third-order valence-electron chi connectivity index (χ3n) is 2.38. The summed E-state index contributed by atoms with van der Waals surface area (Å²) in [6.07, 6.45) is 0.